The first-order valence-electron chi connectivity index (χ1n) is 11.9. The predicted molar refractivity (Wildman–Crippen MR) is 133 cm³/mol. The summed E-state index contributed by atoms with van der Waals surface area (Å²) in [6.45, 7) is 3.98. The number of aromatic nitrogens is 6. The van der Waals surface area contributed by atoms with Crippen LogP contribution in [0, 0.1) is 25.5 Å². The van der Waals surface area contributed by atoms with Gasteiger partial charge in [-0.2, -0.15) is 5.10 Å². The molecule has 4 heterocycles. The molecular weight excluding hydrogens is 460 g/mol. The lowest BCUT2D eigenvalue weighted by molar-refractivity contribution is 0.0267. The van der Waals surface area contributed by atoms with Crippen molar-refractivity contribution in [3.05, 3.63) is 65.5 Å². The molecular formula is C25H24B2F2N6O. The van der Waals surface area contributed by atoms with Crippen molar-refractivity contribution in [3.8, 4) is 11.3 Å². The molecule has 2 aliphatic rings. The van der Waals surface area contributed by atoms with E-state index >= 15 is 0 Å². The highest BCUT2D eigenvalue weighted by atomic mass is 19.1. The van der Waals surface area contributed by atoms with E-state index in [0.717, 1.165) is 12.1 Å². The van der Waals surface area contributed by atoms with Gasteiger partial charge in [0.05, 0.1) is 33.1 Å². The molecule has 1 aliphatic heterocycles. The van der Waals surface area contributed by atoms with E-state index in [0.29, 0.717) is 47.8 Å². The van der Waals surface area contributed by atoms with Gasteiger partial charge in [0.15, 0.2) is 5.65 Å². The number of nitrogens with zero attached hydrogens (tertiary/aromatic N) is 6. The van der Waals surface area contributed by atoms with Crippen LogP contribution in [-0.4, -0.2) is 57.4 Å². The smallest absolute Gasteiger partial charge is 0.182 e. The standard InChI is InChI=1S/C19H16B2F2N4O.C6H8N2/c1-9-10(2)25-18-16(24-9)15(13-4-3-12(22)7-14(13)23)26-17(27-18)11-5-6-28-19(20,21)8-11;1-4-7-8(5-1)6-2-3-6/h3-4,7,11H,5-6,8H2,1-2H3;1,4-6H,2-3H2. The van der Waals surface area contributed by atoms with E-state index in [4.69, 9.17) is 20.4 Å². The first kappa shape index (κ1) is 24.5. The maximum Gasteiger partial charge on any atom is 0.182 e. The zero-order valence-electron chi connectivity index (χ0n) is 20.2. The Bertz CT molecular complexity index is 1400. The third-order valence-corrected chi connectivity index (χ3v) is 6.36. The summed E-state index contributed by atoms with van der Waals surface area (Å²) < 4.78 is 35.3. The van der Waals surface area contributed by atoms with Crippen LogP contribution in [0.5, 0.6) is 0 Å². The average molecular weight is 484 g/mol. The molecule has 0 spiro atoms. The van der Waals surface area contributed by atoms with Crippen molar-refractivity contribution in [2.45, 2.75) is 56.9 Å². The molecule has 0 amide bonds. The van der Waals surface area contributed by atoms with Crippen molar-refractivity contribution in [1.82, 2.24) is 29.7 Å². The minimum absolute atomic E-state index is 0.131. The lowest BCUT2D eigenvalue weighted by Gasteiger charge is -2.36. The van der Waals surface area contributed by atoms with E-state index in [1.54, 1.807) is 6.92 Å². The fourth-order valence-corrected chi connectivity index (χ4v) is 4.17. The summed E-state index contributed by atoms with van der Waals surface area (Å²) in [7, 11) is 11.8. The SMILES string of the molecule is [B]C1([B])CC(c2nc(-c3ccc(F)cc3F)c3nc(C)c(C)nc3n2)CCO1.c1cnn(C2CC2)c1. The van der Waals surface area contributed by atoms with Crippen molar-refractivity contribution in [1.29, 1.82) is 0 Å². The Morgan fingerprint density at radius 3 is 2.47 bits per heavy atom. The summed E-state index contributed by atoms with van der Waals surface area (Å²) >= 11 is 0. The number of aryl methyl sites for hydroxylation is 2. The molecule has 6 rings (SSSR count). The molecule has 4 aromatic rings. The van der Waals surface area contributed by atoms with Gasteiger partial charge < -0.3 is 4.74 Å². The Morgan fingerprint density at radius 1 is 1.03 bits per heavy atom. The monoisotopic (exact) mass is 484 g/mol. The Labute approximate surface area is 210 Å². The minimum atomic E-state index is -1.28. The molecule has 2 fully saturated rings. The summed E-state index contributed by atoms with van der Waals surface area (Å²) in [6.07, 6.45) is 7.42. The van der Waals surface area contributed by atoms with Gasteiger partial charge in [-0.05, 0) is 63.1 Å². The number of hydrogen-bond acceptors (Lipinski definition) is 6. The highest BCUT2D eigenvalue weighted by molar-refractivity contribution is 6.39. The topological polar surface area (TPSA) is 78.6 Å². The van der Waals surface area contributed by atoms with Crippen molar-refractivity contribution < 1.29 is 13.5 Å². The first-order chi connectivity index (χ1) is 17.2. The molecule has 0 bridgehead atoms. The van der Waals surface area contributed by atoms with Crippen LogP contribution in [0.4, 0.5) is 8.78 Å². The summed E-state index contributed by atoms with van der Waals surface area (Å²) in [5.41, 5.74) is 2.49. The van der Waals surface area contributed by atoms with Gasteiger partial charge in [-0.3, -0.25) is 4.68 Å². The van der Waals surface area contributed by atoms with Crippen LogP contribution < -0.4 is 0 Å². The van der Waals surface area contributed by atoms with E-state index in [-0.39, 0.29) is 17.2 Å². The van der Waals surface area contributed by atoms with Crippen LogP contribution in [0.15, 0.2) is 36.7 Å². The predicted octanol–water partition coefficient (Wildman–Crippen LogP) is 4.08. The summed E-state index contributed by atoms with van der Waals surface area (Å²) in [5.74, 6) is -1.14. The normalized spacial score (nSPS) is 19.1. The maximum atomic E-state index is 14.5. The molecule has 1 aromatic carbocycles. The Hall–Kier alpha value is -3.20. The fourth-order valence-electron chi connectivity index (χ4n) is 4.17. The highest BCUT2D eigenvalue weighted by Gasteiger charge is 2.31. The van der Waals surface area contributed by atoms with Crippen molar-refractivity contribution in [2.24, 2.45) is 0 Å². The number of benzene rings is 1. The number of ether oxygens (including phenoxy) is 1. The van der Waals surface area contributed by atoms with Crippen LogP contribution in [0.3, 0.4) is 0 Å². The second kappa shape index (κ2) is 9.69. The summed E-state index contributed by atoms with van der Waals surface area (Å²) in [4.78, 5) is 18.1. The molecule has 11 heteroatoms. The molecule has 7 nitrogen and oxygen atoms in total. The maximum absolute atomic E-state index is 14.5. The van der Waals surface area contributed by atoms with Gasteiger partial charge in [0.25, 0.3) is 0 Å². The number of rotatable bonds is 3. The molecule has 0 N–H and O–H groups in total. The van der Waals surface area contributed by atoms with Gasteiger partial charge in [-0.25, -0.2) is 28.7 Å². The van der Waals surface area contributed by atoms with E-state index < -0.39 is 17.0 Å². The third-order valence-electron chi connectivity index (χ3n) is 6.36. The highest BCUT2D eigenvalue weighted by Crippen LogP contribution is 2.35. The number of fused-ring (bicyclic) bond motifs is 1. The summed E-state index contributed by atoms with van der Waals surface area (Å²) in [5, 5.41) is 2.81. The molecule has 1 aliphatic carbocycles. The first-order valence-corrected chi connectivity index (χ1v) is 11.9. The molecule has 4 radical (unpaired) electrons. The van der Waals surface area contributed by atoms with Crippen LogP contribution in [0.25, 0.3) is 22.4 Å². The molecule has 1 saturated carbocycles. The van der Waals surface area contributed by atoms with E-state index in [2.05, 4.69) is 25.0 Å². The Balaban J connectivity index is 0.000000280. The van der Waals surface area contributed by atoms with Crippen molar-refractivity contribution in [3.63, 3.8) is 0 Å². The van der Waals surface area contributed by atoms with E-state index in [9.17, 15) is 8.78 Å². The van der Waals surface area contributed by atoms with Crippen LogP contribution in [0.1, 0.15) is 54.9 Å². The largest absolute Gasteiger partial charge is 0.394 e. The van der Waals surface area contributed by atoms with Gasteiger partial charge in [-0.1, -0.05) is 0 Å². The third kappa shape index (κ3) is 5.31. The lowest BCUT2D eigenvalue weighted by Crippen LogP contribution is -2.40. The number of halogens is 2. The second-order valence-electron chi connectivity index (χ2n) is 9.33. The Morgan fingerprint density at radius 2 is 1.81 bits per heavy atom. The zero-order valence-corrected chi connectivity index (χ0v) is 20.2. The van der Waals surface area contributed by atoms with Gasteiger partial charge in [-0.15, -0.1) is 0 Å². The Kier molecular flexibility index (Phi) is 6.59. The molecule has 36 heavy (non-hydrogen) atoms. The van der Waals surface area contributed by atoms with Gasteiger partial charge in [0.2, 0.25) is 0 Å². The lowest BCUT2D eigenvalue weighted by atomic mass is 9.59. The van der Waals surface area contributed by atoms with Crippen LogP contribution >= 0.6 is 0 Å². The average Bonchev–Trinajstić information content (AvgIpc) is 3.53. The van der Waals surface area contributed by atoms with Gasteiger partial charge >= 0.3 is 0 Å². The second-order valence-corrected chi connectivity index (χ2v) is 9.33. The van der Waals surface area contributed by atoms with Crippen LogP contribution in [-0.2, 0) is 4.74 Å². The van der Waals surface area contributed by atoms with Crippen LogP contribution in [0.2, 0.25) is 0 Å². The zero-order chi connectivity index (χ0) is 25.4. The minimum Gasteiger partial charge on any atom is -0.394 e. The summed E-state index contributed by atoms with van der Waals surface area (Å²) in [6, 6.07) is 6.05. The fraction of sp³-hybridized carbons (Fsp3) is 0.400. The van der Waals surface area contributed by atoms with E-state index in [1.807, 2.05) is 30.1 Å². The molecule has 180 valence electrons. The van der Waals surface area contributed by atoms with E-state index in [1.165, 1.54) is 25.0 Å². The van der Waals surface area contributed by atoms with Gasteiger partial charge in [0, 0.05) is 36.5 Å². The number of hydrogen-bond donors (Lipinski definition) is 0. The van der Waals surface area contributed by atoms with Gasteiger partial charge in [0.1, 0.15) is 28.7 Å². The molecule has 1 saturated heterocycles. The molecule has 1 atom stereocenters. The molecule has 1 unspecified atom stereocenters. The van der Waals surface area contributed by atoms with Crippen molar-refractivity contribution in [2.75, 3.05) is 6.61 Å². The quantitative estimate of drug-likeness (QED) is 0.408. The van der Waals surface area contributed by atoms with Crippen molar-refractivity contribution >= 4 is 26.9 Å². The molecule has 3 aromatic heterocycles.